The molecule has 30 heavy (non-hydrogen) atoms. The molecule has 1 unspecified atom stereocenters. The van der Waals surface area contributed by atoms with Crippen molar-refractivity contribution in [2.75, 3.05) is 60.6 Å². The first kappa shape index (κ1) is 24.6. The van der Waals surface area contributed by atoms with E-state index < -0.39 is 0 Å². The SMILES string of the molecule is CCNC(=NCC(c1ccc(CC)cc1)N(C)C)N1CCC(OCCCOC)CC1. The summed E-state index contributed by atoms with van der Waals surface area (Å²) < 4.78 is 11.1. The van der Waals surface area contributed by atoms with Crippen LogP contribution in [0.25, 0.3) is 0 Å². The third kappa shape index (κ3) is 7.89. The van der Waals surface area contributed by atoms with Crippen molar-refractivity contribution in [2.24, 2.45) is 4.99 Å². The molecule has 1 aliphatic rings. The van der Waals surface area contributed by atoms with Crippen LogP contribution in [0.15, 0.2) is 29.3 Å². The molecule has 0 bridgehead atoms. The Morgan fingerprint density at radius 1 is 1.17 bits per heavy atom. The number of rotatable bonds is 11. The fourth-order valence-electron chi connectivity index (χ4n) is 3.83. The van der Waals surface area contributed by atoms with Crippen molar-refractivity contribution in [3.05, 3.63) is 35.4 Å². The molecule has 1 fully saturated rings. The Balaban J connectivity index is 1.95. The van der Waals surface area contributed by atoms with Crippen molar-refractivity contribution in [1.82, 2.24) is 15.1 Å². The monoisotopic (exact) mass is 418 g/mol. The summed E-state index contributed by atoms with van der Waals surface area (Å²) in [4.78, 5) is 9.66. The van der Waals surface area contributed by atoms with Crippen LogP contribution in [0.1, 0.15) is 50.3 Å². The maximum Gasteiger partial charge on any atom is 0.193 e. The van der Waals surface area contributed by atoms with Gasteiger partial charge in [0.15, 0.2) is 5.96 Å². The van der Waals surface area contributed by atoms with Crippen LogP contribution >= 0.6 is 0 Å². The van der Waals surface area contributed by atoms with Crippen LogP contribution in [-0.2, 0) is 15.9 Å². The molecule has 0 saturated carbocycles. The molecule has 6 nitrogen and oxygen atoms in total. The lowest BCUT2D eigenvalue weighted by Gasteiger charge is -2.34. The van der Waals surface area contributed by atoms with E-state index in [0.29, 0.717) is 6.10 Å². The smallest absolute Gasteiger partial charge is 0.193 e. The van der Waals surface area contributed by atoms with Crippen LogP contribution in [0.4, 0.5) is 0 Å². The zero-order valence-electron chi connectivity index (χ0n) is 19.7. The van der Waals surface area contributed by atoms with Gasteiger partial charge in [-0.2, -0.15) is 0 Å². The highest BCUT2D eigenvalue weighted by atomic mass is 16.5. The molecule has 0 aliphatic carbocycles. The maximum absolute atomic E-state index is 6.01. The average molecular weight is 419 g/mol. The largest absolute Gasteiger partial charge is 0.385 e. The lowest BCUT2D eigenvalue weighted by molar-refractivity contribution is 0.00989. The van der Waals surface area contributed by atoms with Gasteiger partial charge in [0.05, 0.1) is 18.7 Å². The first-order valence-corrected chi connectivity index (χ1v) is 11.5. The van der Waals surface area contributed by atoms with E-state index in [0.717, 1.165) is 71.0 Å². The molecule has 6 heteroatoms. The summed E-state index contributed by atoms with van der Waals surface area (Å²) in [7, 11) is 6.00. The summed E-state index contributed by atoms with van der Waals surface area (Å²) in [5.41, 5.74) is 2.69. The van der Waals surface area contributed by atoms with Gasteiger partial charge in [0.1, 0.15) is 0 Å². The van der Waals surface area contributed by atoms with Crippen molar-refractivity contribution in [2.45, 2.75) is 51.7 Å². The summed E-state index contributed by atoms with van der Waals surface area (Å²) in [6, 6.07) is 9.23. The minimum absolute atomic E-state index is 0.270. The number of methoxy groups -OCH3 is 1. The number of nitrogens with zero attached hydrogens (tertiary/aromatic N) is 3. The molecule has 1 aromatic carbocycles. The van der Waals surface area contributed by atoms with Crippen molar-refractivity contribution >= 4 is 5.96 Å². The minimum atomic E-state index is 0.270. The zero-order chi connectivity index (χ0) is 21.8. The first-order valence-electron chi connectivity index (χ1n) is 11.5. The summed E-state index contributed by atoms with van der Waals surface area (Å²) in [5, 5.41) is 3.49. The van der Waals surface area contributed by atoms with Gasteiger partial charge in [-0.15, -0.1) is 0 Å². The molecule has 0 spiro atoms. The molecule has 1 N–H and O–H groups in total. The third-order valence-corrected chi connectivity index (χ3v) is 5.73. The van der Waals surface area contributed by atoms with Gasteiger partial charge < -0.3 is 24.6 Å². The van der Waals surface area contributed by atoms with E-state index in [1.165, 1.54) is 11.1 Å². The van der Waals surface area contributed by atoms with Gasteiger partial charge in [-0.05, 0) is 57.8 Å². The number of aryl methyl sites for hydroxylation is 1. The van der Waals surface area contributed by atoms with Crippen molar-refractivity contribution in [3.8, 4) is 0 Å². The fourth-order valence-corrected chi connectivity index (χ4v) is 3.83. The number of benzene rings is 1. The van der Waals surface area contributed by atoms with E-state index >= 15 is 0 Å². The number of hydrogen-bond acceptors (Lipinski definition) is 4. The molecule has 0 amide bonds. The number of hydrogen-bond donors (Lipinski definition) is 1. The van der Waals surface area contributed by atoms with Gasteiger partial charge in [0.2, 0.25) is 0 Å². The second-order valence-electron chi connectivity index (χ2n) is 8.17. The Kier molecular flexibility index (Phi) is 11.2. The van der Waals surface area contributed by atoms with Crippen LogP contribution in [0.2, 0.25) is 0 Å². The quantitative estimate of drug-likeness (QED) is 0.339. The summed E-state index contributed by atoms with van der Waals surface area (Å²) in [6.45, 7) is 9.47. The molecule has 1 heterocycles. The first-order chi connectivity index (χ1) is 14.6. The Hall–Kier alpha value is -1.63. The van der Waals surface area contributed by atoms with Gasteiger partial charge in [0, 0.05) is 40.0 Å². The average Bonchev–Trinajstić information content (AvgIpc) is 2.77. The summed E-state index contributed by atoms with van der Waals surface area (Å²) >= 11 is 0. The van der Waals surface area contributed by atoms with Gasteiger partial charge in [-0.25, -0.2) is 0 Å². The van der Waals surface area contributed by atoms with Gasteiger partial charge >= 0.3 is 0 Å². The van der Waals surface area contributed by atoms with Crippen LogP contribution in [0, 0.1) is 0 Å². The predicted molar refractivity (Wildman–Crippen MR) is 125 cm³/mol. The molecule has 0 radical (unpaired) electrons. The molecule has 0 aromatic heterocycles. The van der Waals surface area contributed by atoms with Crippen LogP contribution < -0.4 is 5.32 Å². The highest BCUT2D eigenvalue weighted by Crippen LogP contribution is 2.20. The number of nitrogens with one attached hydrogen (secondary N) is 1. The number of piperidine rings is 1. The van der Waals surface area contributed by atoms with E-state index in [1.54, 1.807) is 7.11 Å². The van der Waals surface area contributed by atoms with Gasteiger partial charge in [0.25, 0.3) is 0 Å². The minimum Gasteiger partial charge on any atom is -0.385 e. The van der Waals surface area contributed by atoms with Crippen molar-refractivity contribution in [3.63, 3.8) is 0 Å². The maximum atomic E-state index is 6.01. The highest BCUT2D eigenvalue weighted by molar-refractivity contribution is 5.80. The second kappa shape index (κ2) is 13.6. The van der Waals surface area contributed by atoms with E-state index in [-0.39, 0.29) is 6.04 Å². The molecule has 170 valence electrons. The Morgan fingerprint density at radius 2 is 1.87 bits per heavy atom. The third-order valence-electron chi connectivity index (χ3n) is 5.73. The number of likely N-dealkylation sites (tertiary alicyclic amines) is 1. The predicted octanol–water partition coefficient (Wildman–Crippen LogP) is 3.33. The van der Waals surface area contributed by atoms with Crippen LogP contribution in [-0.4, -0.2) is 82.5 Å². The van der Waals surface area contributed by atoms with E-state index in [9.17, 15) is 0 Å². The van der Waals surface area contributed by atoms with E-state index in [2.05, 4.69) is 67.3 Å². The molecule has 1 atom stereocenters. The molecular weight excluding hydrogens is 376 g/mol. The topological polar surface area (TPSA) is 49.3 Å². The van der Waals surface area contributed by atoms with E-state index in [1.807, 2.05) is 0 Å². The zero-order valence-corrected chi connectivity index (χ0v) is 19.7. The van der Waals surface area contributed by atoms with Crippen LogP contribution in [0.3, 0.4) is 0 Å². The van der Waals surface area contributed by atoms with Crippen molar-refractivity contribution in [1.29, 1.82) is 0 Å². The fraction of sp³-hybridized carbons (Fsp3) is 0.708. The molecular formula is C24H42N4O2. The molecule has 2 rings (SSSR count). The number of guanidine groups is 1. The Labute approximate surface area is 183 Å². The molecule has 1 aliphatic heterocycles. The van der Waals surface area contributed by atoms with Gasteiger partial charge in [-0.3, -0.25) is 4.99 Å². The van der Waals surface area contributed by atoms with Gasteiger partial charge in [-0.1, -0.05) is 31.2 Å². The van der Waals surface area contributed by atoms with Crippen LogP contribution in [0.5, 0.6) is 0 Å². The number of aliphatic imine (C=N–C) groups is 1. The summed E-state index contributed by atoms with van der Waals surface area (Å²) in [6.07, 6.45) is 4.49. The standard InChI is InChI=1S/C24H42N4O2/c1-6-20-9-11-21(12-10-20)23(27(3)4)19-26-24(25-7-2)28-15-13-22(14-16-28)30-18-8-17-29-5/h9-12,22-23H,6-8,13-19H2,1-5H3,(H,25,26). The normalized spacial score (nSPS) is 16.9. The van der Waals surface area contributed by atoms with Crippen molar-refractivity contribution < 1.29 is 9.47 Å². The highest BCUT2D eigenvalue weighted by Gasteiger charge is 2.22. The Bertz CT molecular complexity index is 610. The number of likely N-dealkylation sites (N-methyl/N-ethyl adjacent to an activating group) is 1. The molecule has 1 aromatic rings. The summed E-state index contributed by atoms with van der Waals surface area (Å²) in [5.74, 6) is 1.02. The second-order valence-corrected chi connectivity index (χ2v) is 8.17. The Morgan fingerprint density at radius 3 is 2.43 bits per heavy atom. The van der Waals surface area contributed by atoms with E-state index in [4.69, 9.17) is 14.5 Å². The lowest BCUT2D eigenvalue weighted by Crippen LogP contribution is -2.47. The lowest BCUT2D eigenvalue weighted by atomic mass is 10.0. The molecule has 1 saturated heterocycles. The number of ether oxygens (including phenoxy) is 2.